The number of carbonyl (C=O) groups excluding carboxylic acids is 2. The van der Waals surface area contributed by atoms with Crippen LogP contribution in [0.1, 0.15) is 165 Å². The first-order chi connectivity index (χ1) is 54.2. The summed E-state index contributed by atoms with van der Waals surface area (Å²) in [6, 6.07) is 17.1. The maximum Gasteiger partial charge on any atom is 1.00 e. The van der Waals surface area contributed by atoms with Gasteiger partial charge in [-0.1, -0.05) is 110 Å². The molecule has 0 bridgehead atoms. The molecule has 0 saturated carbocycles. The zero-order valence-corrected chi connectivity index (χ0v) is 73.8. The number of anilines is 3. The van der Waals surface area contributed by atoms with Crippen LogP contribution < -0.4 is 101 Å². The molecular formula is C89H97BrCsF3N12O8. The number of aryl methyl sites for hydroxylation is 6. The zero-order valence-electron chi connectivity index (χ0n) is 66.0. The Bertz CT molecular complexity index is 5120. The van der Waals surface area contributed by atoms with Crippen LogP contribution in [-0.2, 0) is 53.4 Å². The summed E-state index contributed by atoms with van der Waals surface area (Å²) < 4.78 is 49.4. The monoisotopic (exact) mass is 1730 g/mol. The third-order valence-electron chi connectivity index (χ3n) is 14.5. The predicted molar refractivity (Wildman–Crippen MR) is 452 cm³/mol. The number of fused-ring (bicyclic) bond motifs is 9. The molecule has 0 unspecified atom stereocenters. The molecule has 6 heterocycles. The molecule has 0 aliphatic heterocycles. The largest absolute Gasteiger partial charge is 1.00 e. The van der Waals surface area contributed by atoms with Gasteiger partial charge in [-0.25, -0.2) is 29.9 Å². The molecule has 25 heteroatoms. The number of pyridine rings is 3. The van der Waals surface area contributed by atoms with Gasteiger partial charge in [0.15, 0.2) is 17.5 Å². The van der Waals surface area contributed by atoms with E-state index >= 15 is 0 Å². The van der Waals surface area contributed by atoms with Crippen LogP contribution in [0.5, 0.6) is 17.2 Å². The van der Waals surface area contributed by atoms with Gasteiger partial charge in [-0.15, -0.1) is 12.8 Å². The maximum absolute atomic E-state index is 10.4. The Labute approximate surface area is 736 Å². The molecule has 0 amide bonds. The smallest absolute Gasteiger partial charge is 0.662 e. The van der Waals surface area contributed by atoms with E-state index in [-0.39, 0.29) is 102 Å². The van der Waals surface area contributed by atoms with E-state index in [9.17, 15) is 18.3 Å². The van der Waals surface area contributed by atoms with Crippen LogP contribution in [0.2, 0.25) is 0 Å². The van der Waals surface area contributed by atoms with Crippen molar-refractivity contribution in [2.45, 2.75) is 192 Å². The van der Waals surface area contributed by atoms with Crippen LogP contribution in [0.25, 0.3) is 65.8 Å². The predicted octanol–water partition coefficient (Wildman–Crippen LogP) is 11.6. The summed E-state index contributed by atoms with van der Waals surface area (Å²) >= 11 is 3.25. The van der Waals surface area contributed by atoms with Crippen LogP contribution in [0.3, 0.4) is 0 Å². The topological polar surface area (TPSA) is 296 Å². The fraction of sp³-hybridized carbons (Fsp3) is 0.371. The molecule has 0 aliphatic rings. The Morgan fingerprint density at radius 2 is 0.789 bits per heavy atom. The minimum atomic E-state index is -4.64. The third kappa shape index (κ3) is 36.8. The van der Waals surface area contributed by atoms with Crippen LogP contribution in [0.15, 0.2) is 54.6 Å². The number of terminal acetylenes is 2. The Morgan fingerprint density at radius 3 is 1.05 bits per heavy atom. The quantitative estimate of drug-likeness (QED) is 0.0131. The fourth-order valence-corrected chi connectivity index (χ4v) is 9.99. The number of rotatable bonds is 23. The van der Waals surface area contributed by atoms with Gasteiger partial charge < -0.3 is 60.7 Å². The molecule has 114 heavy (non-hydrogen) atoms. The molecule has 9 rings (SSSR count). The number of aliphatic hydroxyl groups excluding tert-OH is 1. The van der Waals surface area contributed by atoms with Crippen LogP contribution in [-0.4, -0.2) is 97.9 Å². The summed E-state index contributed by atoms with van der Waals surface area (Å²) in [4.78, 5) is 47.9. The summed E-state index contributed by atoms with van der Waals surface area (Å²) in [6.07, 6.45) is 19.0. The molecule has 20 nitrogen and oxygen atoms in total. The van der Waals surface area contributed by atoms with Gasteiger partial charge in [0, 0.05) is 78.6 Å². The number of hydrogen-bond acceptors (Lipinski definition) is 17. The number of aldehydes is 1. The van der Waals surface area contributed by atoms with Crippen molar-refractivity contribution >= 4 is 112 Å². The molecule has 0 atom stereocenters. The van der Waals surface area contributed by atoms with Crippen molar-refractivity contribution in [3.05, 3.63) is 72.1 Å². The first-order valence-electron chi connectivity index (χ1n) is 36.1. The molecule has 8 N–H and O–H groups in total. The first kappa shape index (κ1) is 103. The number of phenolic OH excluding ortho intramolecular Hbond substituents is 1. The second kappa shape index (κ2) is 61.7. The molecule has 0 radical (unpaired) electrons. The average molecular weight is 1730 g/mol. The van der Waals surface area contributed by atoms with E-state index in [2.05, 4.69) is 241 Å². The molecule has 9 aromatic rings. The van der Waals surface area contributed by atoms with Crippen molar-refractivity contribution in [1.29, 1.82) is 0 Å². The second-order valence-corrected chi connectivity index (χ2v) is 23.8. The number of unbranched alkanes of at least 4 members (excludes halogenated alkanes) is 3. The maximum atomic E-state index is 10.4. The molecule has 590 valence electrons. The number of aromatic hydroxyl groups is 1. The number of ether oxygens (including phenoxy) is 2. The molecule has 0 aliphatic carbocycles. The van der Waals surface area contributed by atoms with Crippen molar-refractivity contribution in [3.63, 3.8) is 0 Å². The minimum Gasteiger partial charge on any atom is -0.662 e. The molecule has 0 spiro atoms. The number of alkyl halides is 4. The van der Waals surface area contributed by atoms with Crippen LogP contribution in [0, 0.1) is 143 Å². The summed E-state index contributed by atoms with van der Waals surface area (Å²) in [7, 11) is 0. The molecule has 0 saturated heterocycles. The van der Waals surface area contributed by atoms with E-state index < -0.39 is 12.5 Å². The number of aliphatic hydroxyl groups is 1. The molecule has 0 fully saturated rings. The van der Waals surface area contributed by atoms with Gasteiger partial charge in [0.25, 0.3) is 6.47 Å². The van der Waals surface area contributed by atoms with Gasteiger partial charge in [0.05, 0.1) is 46.3 Å². The Kier molecular flexibility index (Phi) is 55.9. The standard InChI is InChI=1S/C20H28N4O.C19H26N4O2.C17H22N4O.C14H2.C12H6.C3H7Br.C2HF3O.CH2O3.CH4.Cs/c1-4-7-8-17-23-18-19(24(17)11-5-2)15-10-9-14(25-12-6-3)13-16(15)22-20(18)21;1-3-5-6-16-22-17-18(23(16)9-4-2)14-8-7-13(25-11-10-24)12-15(14)21-19(17)20;1-3-5-6-14-20-15-16(21(14)9-4-2)12-8-7-11(22)10-13(12)19-17(15)18;1-3-5-7-9-11-13-14-12-10-8-6-4-2;1-3-5-7-9-11-12-10-8-6-4-2;1-2-3-4;3-2(4,5)1-6;2-1-4-3;;/h9-10,13H,4-8,11-12H2,1-3H3,(H2,21,22);7-8,12,24H,3-6,9-11H2,1-2H3,(H2,20,21);7-8,10,22H,3-6,9H2,1-2H3,(H2,18,19);1-2H;1-2H3;2-3H2,1H3;1H;1,3H;1H4;/q;;;;;;;;;+1/p-1. The first-order valence-corrected chi connectivity index (χ1v) is 37.2. The average Bonchev–Trinajstić information content (AvgIpc) is 1.56. The number of halogens is 4. The number of nitrogen functional groups attached to an aromatic ring is 3. The minimum absolute atomic E-state index is 0. The zero-order chi connectivity index (χ0) is 82.9. The number of aromatic nitrogens is 9. The number of benzene rings is 3. The van der Waals surface area contributed by atoms with Gasteiger partial charge >= 0.3 is 75.1 Å². The Hall–Kier alpha value is -10.8. The van der Waals surface area contributed by atoms with Crippen molar-refractivity contribution in [3.8, 4) is 160 Å². The molecule has 6 aromatic heterocycles. The van der Waals surface area contributed by atoms with Crippen molar-refractivity contribution in [2.75, 3.05) is 42.4 Å². The second-order valence-electron chi connectivity index (χ2n) is 23.0. The SMILES string of the molecule is C.C#CC#CC#CC#CC#CC#CC#C.CC#CC#CC#CC#CC#CC.CCCBr.CCCCc1nc2c(N)nc3cc(O)ccc3c2n1CCC.CCCCc1nc2c(N)nc3cc(OCCC)ccc3c2n1CCC.CCCCc1nc2c(N)nc3cc(OCCO)ccc3c2n1CCC.O=CC(F)(F)F.O=CO[O-].[Cs+]. The van der Waals surface area contributed by atoms with Gasteiger partial charge in [-0.05, 0) is 220 Å². The molecular weight excluding hydrogens is 1630 g/mol. The number of hydrogen-bond donors (Lipinski definition) is 5. The van der Waals surface area contributed by atoms with Crippen molar-refractivity contribution in [2.24, 2.45) is 0 Å². The van der Waals surface area contributed by atoms with Crippen LogP contribution in [0.4, 0.5) is 30.6 Å². The summed E-state index contributed by atoms with van der Waals surface area (Å²) in [5, 5.41) is 31.3. The fourth-order valence-electron chi connectivity index (χ4n) is 9.99. The normalized spacial score (nSPS) is 9.14. The number of phenols is 1. The summed E-state index contributed by atoms with van der Waals surface area (Å²) in [6.45, 7) is 24.3. The van der Waals surface area contributed by atoms with E-state index in [1.54, 1.807) is 26.0 Å². The van der Waals surface area contributed by atoms with Gasteiger partial charge in [-0.2, -0.15) is 13.2 Å². The van der Waals surface area contributed by atoms with Crippen LogP contribution >= 0.6 is 15.9 Å². The van der Waals surface area contributed by atoms with E-state index in [1.807, 2.05) is 36.4 Å². The van der Waals surface area contributed by atoms with E-state index in [1.165, 1.54) is 6.42 Å². The van der Waals surface area contributed by atoms with E-state index in [0.29, 0.717) is 35.3 Å². The van der Waals surface area contributed by atoms with Gasteiger partial charge in [0.2, 0.25) is 6.29 Å². The van der Waals surface area contributed by atoms with Gasteiger partial charge in [0.1, 0.15) is 57.9 Å². The number of nitrogens with two attached hydrogens (primary N) is 3. The number of nitrogens with zero attached hydrogens (tertiary/aromatic N) is 9. The Balaban J connectivity index is 0.00000136. The van der Waals surface area contributed by atoms with Crippen molar-refractivity contribution in [1.82, 2.24) is 43.6 Å². The Morgan fingerprint density at radius 1 is 0.491 bits per heavy atom. The number of carbonyl (C=O) groups is 2. The van der Waals surface area contributed by atoms with E-state index in [4.69, 9.17) is 74.4 Å². The number of imidazole rings is 3. The summed E-state index contributed by atoms with van der Waals surface area (Å²) in [5.41, 5.74) is 26.5. The van der Waals surface area contributed by atoms with Crippen molar-refractivity contribution < 1.29 is 121 Å². The molecule has 3 aromatic carbocycles. The van der Waals surface area contributed by atoms with E-state index in [0.717, 1.165) is 192 Å². The summed E-state index contributed by atoms with van der Waals surface area (Å²) in [5.74, 6) is 60.2. The van der Waals surface area contributed by atoms with Gasteiger partial charge in [-0.3, -0.25) is 9.59 Å². The third-order valence-corrected chi connectivity index (χ3v) is 15.3.